The van der Waals surface area contributed by atoms with Crippen LogP contribution in [0.3, 0.4) is 0 Å². The van der Waals surface area contributed by atoms with Crippen molar-refractivity contribution < 1.29 is 4.74 Å². The molecule has 0 unspecified atom stereocenters. The SMILES string of the molecule is COc1ccc2nc(CNCCc3ccc(C)cc3)[nH]c2c1. The van der Waals surface area contributed by atoms with Gasteiger partial charge in [0.2, 0.25) is 0 Å². The summed E-state index contributed by atoms with van der Waals surface area (Å²) in [6.07, 6.45) is 1.02. The molecule has 114 valence electrons. The summed E-state index contributed by atoms with van der Waals surface area (Å²) in [6.45, 7) is 3.78. The first kappa shape index (κ1) is 14.6. The van der Waals surface area contributed by atoms with Crippen molar-refractivity contribution >= 4 is 11.0 Å². The van der Waals surface area contributed by atoms with Crippen molar-refractivity contribution in [2.24, 2.45) is 0 Å². The molecule has 0 saturated carbocycles. The molecule has 0 aliphatic rings. The summed E-state index contributed by atoms with van der Waals surface area (Å²) in [7, 11) is 1.67. The number of hydrogen-bond acceptors (Lipinski definition) is 3. The molecule has 22 heavy (non-hydrogen) atoms. The summed E-state index contributed by atoms with van der Waals surface area (Å²) < 4.78 is 5.22. The Morgan fingerprint density at radius 2 is 1.95 bits per heavy atom. The van der Waals surface area contributed by atoms with Crippen molar-refractivity contribution in [2.45, 2.75) is 19.9 Å². The molecular formula is C18H21N3O. The number of aromatic nitrogens is 2. The number of ether oxygens (including phenoxy) is 1. The standard InChI is InChI=1S/C18H21N3O/c1-13-3-5-14(6-4-13)9-10-19-12-18-20-16-8-7-15(22-2)11-17(16)21-18/h3-8,11,19H,9-10,12H2,1-2H3,(H,20,21). The molecule has 0 aliphatic carbocycles. The van der Waals surface area contributed by atoms with E-state index in [2.05, 4.69) is 46.5 Å². The van der Waals surface area contributed by atoms with Gasteiger partial charge in [0.05, 0.1) is 24.7 Å². The third-order valence-electron chi connectivity index (χ3n) is 3.74. The first-order valence-electron chi connectivity index (χ1n) is 7.53. The van der Waals surface area contributed by atoms with Crippen molar-refractivity contribution in [1.82, 2.24) is 15.3 Å². The first-order valence-corrected chi connectivity index (χ1v) is 7.53. The molecule has 1 heterocycles. The number of aromatic amines is 1. The van der Waals surface area contributed by atoms with E-state index in [4.69, 9.17) is 4.74 Å². The number of H-pyrrole nitrogens is 1. The van der Waals surface area contributed by atoms with Crippen LogP contribution in [0.25, 0.3) is 11.0 Å². The Balaban J connectivity index is 1.54. The van der Waals surface area contributed by atoms with Gasteiger partial charge in [0.25, 0.3) is 0 Å². The summed E-state index contributed by atoms with van der Waals surface area (Å²) in [5.74, 6) is 1.79. The molecule has 0 spiro atoms. The molecule has 1 aromatic heterocycles. The van der Waals surface area contributed by atoms with Crippen LogP contribution in [0.1, 0.15) is 17.0 Å². The molecule has 0 aliphatic heterocycles. The average Bonchev–Trinajstić information content (AvgIpc) is 2.95. The maximum absolute atomic E-state index is 5.22. The minimum atomic E-state index is 0.739. The van der Waals surface area contributed by atoms with Gasteiger partial charge in [-0.1, -0.05) is 29.8 Å². The van der Waals surface area contributed by atoms with Crippen LogP contribution in [-0.4, -0.2) is 23.6 Å². The topological polar surface area (TPSA) is 49.9 Å². The van der Waals surface area contributed by atoms with Crippen LogP contribution in [-0.2, 0) is 13.0 Å². The van der Waals surface area contributed by atoms with E-state index in [-0.39, 0.29) is 0 Å². The van der Waals surface area contributed by atoms with Gasteiger partial charge in [-0.3, -0.25) is 0 Å². The molecule has 3 rings (SSSR count). The minimum Gasteiger partial charge on any atom is -0.497 e. The van der Waals surface area contributed by atoms with Gasteiger partial charge in [-0.2, -0.15) is 0 Å². The van der Waals surface area contributed by atoms with Gasteiger partial charge < -0.3 is 15.0 Å². The fourth-order valence-corrected chi connectivity index (χ4v) is 2.45. The average molecular weight is 295 g/mol. The Kier molecular flexibility index (Phi) is 4.39. The van der Waals surface area contributed by atoms with Crippen LogP contribution >= 0.6 is 0 Å². The summed E-state index contributed by atoms with van der Waals surface area (Å²) in [5, 5.41) is 3.43. The van der Waals surface area contributed by atoms with Gasteiger partial charge in [0.15, 0.2) is 0 Å². The summed E-state index contributed by atoms with van der Waals surface area (Å²) in [6, 6.07) is 14.6. The van der Waals surface area contributed by atoms with Gasteiger partial charge in [0.1, 0.15) is 11.6 Å². The highest BCUT2D eigenvalue weighted by molar-refractivity contribution is 5.76. The maximum atomic E-state index is 5.22. The Hall–Kier alpha value is -2.33. The third kappa shape index (κ3) is 3.46. The monoisotopic (exact) mass is 295 g/mol. The van der Waals surface area contributed by atoms with Crippen LogP contribution in [0.2, 0.25) is 0 Å². The normalized spacial score (nSPS) is 11.0. The lowest BCUT2D eigenvalue weighted by Gasteiger charge is -2.03. The van der Waals surface area contributed by atoms with E-state index >= 15 is 0 Å². The first-order chi connectivity index (χ1) is 10.7. The van der Waals surface area contributed by atoms with Crippen LogP contribution < -0.4 is 10.1 Å². The van der Waals surface area contributed by atoms with Gasteiger partial charge in [-0.15, -0.1) is 0 Å². The number of benzene rings is 2. The fourth-order valence-electron chi connectivity index (χ4n) is 2.45. The fraction of sp³-hybridized carbons (Fsp3) is 0.278. The van der Waals surface area contributed by atoms with E-state index in [9.17, 15) is 0 Å². The van der Waals surface area contributed by atoms with Crippen molar-refractivity contribution in [2.75, 3.05) is 13.7 Å². The Labute approximate surface area is 130 Å². The molecule has 4 nitrogen and oxygen atoms in total. The molecule has 4 heteroatoms. The van der Waals surface area contributed by atoms with Crippen LogP contribution in [0, 0.1) is 6.92 Å². The number of aryl methyl sites for hydroxylation is 1. The zero-order chi connectivity index (χ0) is 15.4. The van der Waals surface area contributed by atoms with Crippen molar-refractivity contribution in [1.29, 1.82) is 0 Å². The Morgan fingerprint density at radius 3 is 2.73 bits per heavy atom. The number of rotatable bonds is 6. The Morgan fingerprint density at radius 1 is 1.14 bits per heavy atom. The summed E-state index contributed by atoms with van der Waals surface area (Å²) in [4.78, 5) is 7.89. The zero-order valence-corrected chi connectivity index (χ0v) is 13.0. The van der Waals surface area contributed by atoms with E-state index in [0.29, 0.717) is 0 Å². The van der Waals surface area contributed by atoms with Gasteiger partial charge in [0, 0.05) is 6.07 Å². The molecule has 0 bridgehead atoms. The number of methoxy groups -OCH3 is 1. The predicted molar refractivity (Wildman–Crippen MR) is 89.2 cm³/mol. The van der Waals surface area contributed by atoms with Crippen molar-refractivity contribution in [3.05, 3.63) is 59.4 Å². The second-order valence-corrected chi connectivity index (χ2v) is 5.48. The second-order valence-electron chi connectivity index (χ2n) is 5.48. The van der Waals surface area contributed by atoms with Crippen LogP contribution in [0.15, 0.2) is 42.5 Å². The number of fused-ring (bicyclic) bond motifs is 1. The van der Waals surface area contributed by atoms with Crippen molar-refractivity contribution in [3.63, 3.8) is 0 Å². The largest absolute Gasteiger partial charge is 0.497 e. The molecule has 0 saturated heterocycles. The van der Waals surface area contributed by atoms with E-state index in [1.807, 2.05) is 18.2 Å². The zero-order valence-electron chi connectivity index (χ0n) is 13.0. The second kappa shape index (κ2) is 6.62. The number of hydrogen-bond donors (Lipinski definition) is 2. The predicted octanol–water partition coefficient (Wildman–Crippen LogP) is 3.21. The third-order valence-corrected chi connectivity index (χ3v) is 3.74. The lowest BCUT2D eigenvalue weighted by Crippen LogP contribution is -2.17. The van der Waals surface area contributed by atoms with Crippen molar-refractivity contribution in [3.8, 4) is 5.75 Å². The van der Waals surface area contributed by atoms with Crippen LogP contribution in [0.4, 0.5) is 0 Å². The van der Waals surface area contributed by atoms with Gasteiger partial charge in [-0.05, 0) is 37.6 Å². The van der Waals surface area contributed by atoms with E-state index in [1.165, 1.54) is 11.1 Å². The number of nitrogens with zero attached hydrogens (tertiary/aromatic N) is 1. The lowest BCUT2D eigenvalue weighted by molar-refractivity contribution is 0.415. The minimum absolute atomic E-state index is 0.739. The molecule has 0 fully saturated rings. The number of imidazole rings is 1. The number of nitrogens with one attached hydrogen (secondary N) is 2. The molecule has 3 aromatic rings. The maximum Gasteiger partial charge on any atom is 0.121 e. The molecule has 2 N–H and O–H groups in total. The molecule has 0 atom stereocenters. The highest BCUT2D eigenvalue weighted by Crippen LogP contribution is 2.18. The molecule has 2 aromatic carbocycles. The van der Waals surface area contributed by atoms with E-state index in [0.717, 1.165) is 42.1 Å². The quantitative estimate of drug-likeness (QED) is 0.687. The lowest BCUT2D eigenvalue weighted by atomic mass is 10.1. The highest BCUT2D eigenvalue weighted by atomic mass is 16.5. The smallest absolute Gasteiger partial charge is 0.121 e. The Bertz CT molecular complexity index is 747. The molecular weight excluding hydrogens is 274 g/mol. The summed E-state index contributed by atoms with van der Waals surface area (Å²) in [5.41, 5.74) is 4.63. The summed E-state index contributed by atoms with van der Waals surface area (Å²) >= 11 is 0. The van der Waals surface area contributed by atoms with E-state index < -0.39 is 0 Å². The van der Waals surface area contributed by atoms with Crippen LogP contribution in [0.5, 0.6) is 5.75 Å². The van der Waals surface area contributed by atoms with Gasteiger partial charge >= 0.3 is 0 Å². The van der Waals surface area contributed by atoms with E-state index in [1.54, 1.807) is 7.11 Å². The molecule has 0 amide bonds. The highest BCUT2D eigenvalue weighted by Gasteiger charge is 2.03. The molecule has 0 radical (unpaired) electrons. The van der Waals surface area contributed by atoms with Gasteiger partial charge in [-0.25, -0.2) is 4.98 Å².